The van der Waals surface area contributed by atoms with Crippen LogP contribution in [-0.2, 0) is 4.74 Å². The van der Waals surface area contributed by atoms with E-state index < -0.39 is 0 Å². The maximum Gasteiger partial charge on any atom is 0.109 e. The fraction of sp³-hybridized carbons (Fsp3) is 0.429. The van der Waals surface area contributed by atoms with Crippen molar-refractivity contribution in [3.05, 3.63) is 35.9 Å². The molecule has 1 rings (SSSR count). The highest BCUT2D eigenvalue weighted by Gasteiger charge is 2.20. The van der Waals surface area contributed by atoms with Gasteiger partial charge in [0, 0.05) is 6.61 Å². The zero-order chi connectivity index (χ0) is 11.8. The number of benzene rings is 1. The van der Waals surface area contributed by atoms with Gasteiger partial charge in [0.25, 0.3) is 0 Å². The summed E-state index contributed by atoms with van der Waals surface area (Å²) in [5.74, 6) is 2.75. The van der Waals surface area contributed by atoms with Crippen molar-refractivity contribution >= 4 is 0 Å². The molecule has 86 valence electrons. The molecule has 0 heterocycles. The van der Waals surface area contributed by atoms with Crippen molar-refractivity contribution in [3.8, 4) is 12.3 Å². The molecular formula is C14H19NO. The third-order valence-corrected chi connectivity index (χ3v) is 2.38. The van der Waals surface area contributed by atoms with Gasteiger partial charge in [-0.2, -0.15) is 0 Å². The van der Waals surface area contributed by atoms with E-state index in [4.69, 9.17) is 11.2 Å². The average Bonchev–Trinajstić information content (AvgIpc) is 2.35. The van der Waals surface area contributed by atoms with Crippen LogP contribution in [0.25, 0.3) is 0 Å². The largest absolute Gasteiger partial charge is 0.371 e. The molecule has 2 nitrogen and oxygen atoms in total. The number of nitrogens with one attached hydrogen (secondary N) is 1. The highest BCUT2D eigenvalue weighted by molar-refractivity contribution is 5.22. The van der Waals surface area contributed by atoms with Gasteiger partial charge in [0.15, 0.2) is 0 Å². The Morgan fingerprint density at radius 1 is 1.31 bits per heavy atom. The zero-order valence-electron chi connectivity index (χ0n) is 9.94. The summed E-state index contributed by atoms with van der Waals surface area (Å²) in [6.45, 7) is 5.52. The van der Waals surface area contributed by atoms with E-state index in [1.807, 2.05) is 44.2 Å². The highest BCUT2D eigenvalue weighted by atomic mass is 16.5. The van der Waals surface area contributed by atoms with Crippen LogP contribution in [0.4, 0.5) is 0 Å². The first-order valence-corrected chi connectivity index (χ1v) is 5.69. The van der Waals surface area contributed by atoms with Crippen LogP contribution in [0.15, 0.2) is 30.3 Å². The van der Waals surface area contributed by atoms with Gasteiger partial charge < -0.3 is 10.1 Å². The first-order valence-electron chi connectivity index (χ1n) is 5.69. The molecule has 0 saturated heterocycles. The van der Waals surface area contributed by atoms with Crippen LogP contribution in [0.2, 0.25) is 0 Å². The predicted molar refractivity (Wildman–Crippen MR) is 67.1 cm³/mol. The van der Waals surface area contributed by atoms with Gasteiger partial charge in [0.2, 0.25) is 0 Å². The number of likely N-dealkylation sites (N-methyl/N-ethyl adjacent to an activating group) is 1. The highest BCUT2D eigenvalue weighted by Crippen LogP contribution is 2.20. The van der Waals surface area contributed by atoms with E-state index in [1.54, 1.807) is 0 Å². The predicted octanol–water partition coefficient (Wildman–Crippen LogP) is 2.38. The molecule has 16 heavy (non-hydrogen) atoms. The Kier molecular flexibility index (Phi) is 5.63. The van der Waals surface area contributed by atoms with Gasteiger partial charge in [-0.3, -0.25) is 0 Å². The number of rotatable bonds is 6. The van der Waals surface area contributed by atoms with Gasteiger partial charge in [-0.15, -0.1) is 6.42 Å². The Bertz CT molecular complexity index is 328. The lowest BCUT2D eigenvalue weighted by molar-refractivity contribution is 0.0476. The molecule has 1 aromatic carbocycles. The van der Waals surface area contributed by atoms with Crippen LogP contribution in [0.1, 0.15) is 25.5 Å². The minimum absolute atomic E-state index is 0.0730. The van der Waals surface area contributed by atoms with Crippen molar-refractivity contribution in [2.75, 3.05) is 13.2 Å². The van der Waals surface area contributed by atoms with Gasteiger partial charge >= 0.3 is 0 Å². The van der Waals surface area contributed by atoms with Crippen molar-refractivity contribution in [2.24, 2.45) is 0 Å². The second-order valence-electron chi connectivity index (χ2n) is 3.49. The van der Waals surface area contributed by atoms with Gasteiger partial charge in [-0.25, -0.2) is 0 Å². The summed E-state index contributed by atoms with van der Waals surface area (Å²) in [6.07, 6.45) is 5.46. The molecule has 0 aromatic heterocycles. The summed E-state index contributed by atoms with van der Waals surface area (Å²) < 4.78 is 5.73. The van der Waals surface area contributed by atoms with Gasteiger partial charge in [0.05, 0.1) is 6.04 Å². The molecule has 0 radical (unpaired) electrons. The lowest BCUT2D eigenvalue weighted by Gasteiger charge is -2.24. The van der Waals surface area contributed by atoms with E-state index in [0.717, 1.165) is 12.1 Å². The van der Waals surface area contributed by atoms with Crippen molar-refractivity contribution in [1.82, 2.24) is 5.32 Å². The molecule has 0 saturated carbocycles. The van der Waals surface area contributed by atoms with Crippen molar-refractivity contribution < 1.29 is 4.74 Å². The molecular weight excluding hydrogens is 198 g/mol. The van der Waals surface area contributed by atoms with Crippen molar-refractivity contribution in [2.45, 2.75) is 26.0 Å². The third-order valence-electron chi connectivity index (χ3n) is 2.38. The summed E-state index contributed by atoms with van der Waals surface area (Å²) in [5, 5.41) is 3.25. The Balaban J connectivity index is 2.86. The monoisotopic (exact) mass is 217 g/mol. The Morgan fingerprint density at radius 3 is 2.50 bits per heavy atom. The fourth-order valence-electron chi connectivity index (χ4n) is 1.68. The summed E-state index contributed by atoms with van der Waals surface area (Å²) >= 11 is 0. The molecule has 0 fully saturated rings. The number of hydrogen-bond acceptors (Lipinski definition) is 2. The SMILES string of the molecule is C#CC(NCC)C(OCC)c1ccccc1. The molecule has 2 atom stereocenters. The fourth-order valence-corrected chi connectivity index (χ4v) is 1.68. The number of hydrogen-bond donors (Lipinski definition) is 1. The van der Waals surface area contributed by atoms with E-state index >= 15 is 0 Å². The summed E-state index contributed by atoms with van der Waals surface area (Å²) in [5.41, 5.74) is 1.12. The van der Waals surface area contributed by atoms with E-state index in [2.05, 4.69) is 11.2 Å². The van der Waals surface area contributed by atoms with Gasteiger partial charge in [-0.1, -0.05) is 43.2 Å². The molecule has 2 unspecified atom stereocenters. The average molecular weight is 217 g/mol. The lowest BCUT2D eigenvalue weighted by Crippen LogP contribution is -2.34. The second kappa shape index (κ2) is 7.05. The van der Waals surface area contributed by atoms with Crippen LogP contribution >= 0.6 is 0 Å². The molecule has 0 spiro atoms. The van der Waals surface area contributed by atoms with Gasteiger partial charge in [0.1, 0.15) is 6.10 Å². The molecule has 1 aromatic rings. The Morgan fingerprint density at radius 2 is 2.00 bits per heavy atom. The first-order chi connectivity index (χ1) is 7.83. The zero-order valence-corrected chi connectivity index (χ0v) is 9.94. The van der Waals surface area contributed by atoms with Crippen LogP contribution in [0.5, 0.6) is 0 Å². The molecule has 0 aliphatic heterocycles. The van der Waals surface area contributed by atoms with Crippen LogP contribution in [0, 0.1) is 12.3 Å². The maximum atomic E-state index is 5.73. The number of terminal acetylenes is 1. The van der Waals surface area contributed by atoms with Crippen LogP contribution in [-0.4, -0.2) is 19.2 Å². The molecule has 0 amide bonds. The lowest BCUT2D eigenvalue weighted by atomic mass is 10.0. The Hall–Kier alpha value is -1.30. The minimum Gasteiger partial charge on any atom is -0.371 e. The smallest absolute Gasteiger partial charge is 0.109 e. The van der Waals surface area contributed by atoms with Crippen LogP contribution < -0.4 is 5.32 Å². The second-order valence-corrected chi connectivity index (χ2v) is 3.49. The normalized spacial score (nSPS) is 14.1. The molecule has 0 bridgehead atoms. The van der Waals surface area contributed by atoms with Gasteiger partial charge in [-0.05, 0) is 19.0 Å². The van der Waals surface area contributed by atoms with Crippen LogP contribution in [0.3, 0.4) is 0 Å². The van der Waals surface area contributed by atoms with Crippen molar-refractivity contribution in [3.63, 3.8) is 0 Å². The standard InChI is InChI=1S/C14H19NO/c1-4-13(15-5-2)14(16-6-3)12-10-8-7-9-11-12/h1,7-11,13-15H,5-6H2,2-3H3. The number of ether oxygens (including phenoxy) is 1. The summed E-state index contributed by atoms with van der Waals surface area (Å²) in [7, 11) is 0. The topological polar surface area (TPSA) is 21.3 Å². The van der Waals surface area contributed by atoms with E-state index in [9.17, 15) is 0 Å². The third kappa shape index (κ3) is 3.37. The van der Waals surface area contributed by atoms with E-state index in [0.29, 0.717) is 6.61 Å². The summed E-state index contributed by atoms with van der Waals surface area (Å²) in [4.78, 5) is 0. The first kappa shape index (κ1) is 12.8. The summed E-state index contributed by atoms with van der Waals surface area (Å²) in [6, 6.07) is 10.0. The molecule has 2 heteroatoms. The Labute approximate surface area is 98.0 Å². The molecule has 0 aliphatic rings. The van der Waals surface area contributed by atoms with E-state index in [-0.39, 0.29) is 12.1 Å². The maximum absolute atomic E-state index is 5.73. The molecule has 0 aliphatic carbocycles. The van der Waals surface area contributed by atoms with E-state index in [1.165, 1.54) is 0 Å². The van der Waals surface area contributed by atoms with Crippen molar-refractivity contribution in [1.29, 1.82) is 0 Å². The minimum atomic E-state index is -0.0765. The molecule has 1 N–H and O–H groups in total. The quantitative estimate of drug-likeness (QED) is 0.739.